The van der Waals surface area contributed by atoms with Crippen molar-refractivity contribution in [1.29, 1.82) is 0 Å². The third kappa shape index (κ3) is 5.23. The minimum Gasteiger partial charge on any atom is -0.457 e. The lowest BCUT2D eigenvalue weighted by Crippen LogP contribution is -2.32. The van der Waals surface area contributed by atoms with Gasteiger partial charge in [0.05, 0.1) is 16.5 Å². The molecular formula is C66H41NOS. The van der Waals surface area contributed by atoms with E-state index in [1.54, 1.807) is 0 Å². The number of fused-ring (bicyclic) bond motifs is 19. The lowest BCUT2D eigenvalue weighted by Gasteiger charge is -2.40. The van der Waals surface area contributed by atoms with E-state index < -0.39 is 10.8 Å². The highest BCUT2D eigenvalue weighted by Gasteiger charge is 2.53. The lowest BCUT2D eigenvalue weighted by molar-refractivity contribution is 0.436. The third-order valence-electron chi connectivity index (χ3n) is 15.4. The molecule has 322 valence electrons. The van der Waals surface area contributed by atoms with Crippen LogP contribution in [-0.4, -0.2) is 0 Å². The summed E-state index contributed by atoms with van der Waals surface area (Å²) in [5.41, 5.74) is 19.7. The third-order valence-corrected chi connectivity index (χ3v) is 16.5. The van der Waals surface area contributed by atoms with Crippen molar-refractivity contribution in [3.05, 3.63) is 293 Å². The van der Waals surface area contributed by atoms with E-state index in [9.17, 15) is 0 Å². The maximum absolute atomic E-state index is 6.76. The molecule has 0 N–H and O–H groups in total. The summed E-state index contributed by atoms with van der Waals surface area (Å²) in [6, 6.07) is 92.4. The average Bonchev–Trinajstić information content (AvgIpc) is 3.87. The molecule has 15 rings (SSSR count). The van der Waals surface area contributed by atoms with E-state index in [0.29, 0.717) is 0 Å². The molecule has 0 saturated carbocycles. The first kappa shape index (κ1) is 38.7. The number of hydrogen-bond donors (Lipinski definition) is 0. The number of rotatable bonds is 4. The maximum atomic E-state index is 6.76. The molecule has 2 aliphatic carbocycles. The minimum atomic E-state index is -0.610. The van der Waals surface area contributed by atoms with E-state index in [1.165, 1.54) is 87.3 Å². The Balaban J connectivity index is 1.01. The first-order chi connectivity index (χ1) is 34.2. The summed E-state index contributed by atoms with van der Waals surface area (Å²) in [5.74, 6) is 1.78. The molecule has 0 saturated heterocycles. The van der Waals surface area contributed by atoms with Crippen molar-refractivity contribution < 1.29 is 4.74 Å². The SMILES string of the molecule is c1ccc2c(c1)Oc1ccccc1C21c2ccccc2-c2ccc(N(c3ccc(-c4ccc5ccccc5c4)cc3)c3cccc4c3-c3ccccc3C43c4ccccc4Sc4ccccc43)cc21. The molecule has 2 spiro atoms. The molecule has 0 aromatic heterocycles. The Morgan fingerprint density at radius 2 is 0.826 bits per heavy atom. The van der Waals surface area contributed by atoms with E-state index in [4.69, 9.17) is 4.74 Å². The minimum absolute atomic E-state index is 0.509. The molecule has 0 radical (unpaired) electrons. The molecule has 0 atom stereocenters. The Bertz CT molecular complexity index is 3850. The van der Waals surface area contributed by atoms with Gasteiger partial charge in [-0.1, -0.05) is 200 Å². The topological polar surface area (TPSA) is 12.5 Å². The molecular weight excluding hydrogens is 855 g/mol. The molecule has 11 aromatic carbocycles. The highest BCUT2D eigenvalue weighted by molar-refractivity contribution is 7.99. The van der Waals surface area contributed by atoms with Crippen LogP contribution in [-0.2, 0) is 10.8 Å². The zero-order valence-corrected chi connectivity index (χ0v) is 38.3. The van der Waals surface area contributed by atoms with Crippen LogP contribution in [0.15, 0.2) is 259 Å². The Morgan fingerprint density at radius 3 is 1.54 bits per heavy atom. The van der Waals surface area contributed by atoms with Gasteiger partial charge in [0.2, 0.25) is 0 Å². The number of ether oxygens (including phenoxy) is 1. The number of nitrogens with zero attached hydrogens (tertiary/aromatic N) is 1. The van der Waals surface area contributed by atoms with Crippen LogP contribution in [0.5, 0.6) is 11.5 Å². The Morgan fingerprint density at radius 1 is 0.319 bits per heavy atom. The van der Waals surface area contributed by atoms with E-state index >= 15 is 0 Å². The largest absolute Gasteiger partial charge is 0.457 e. The van der Waals surface area contributed by atoms with Gasteiger partial charge < -0.3 is 9.64 Å². The van der Waals surface area contributed by atoms with Crippen LogP contribution >= 0.6 is 11.8 Å². The van der Waals surface area contributed by atoms with Gasteiger partial charge >= 0.3 is 0 Å². The summed E-state index contributed by atoms with van der Waals surface area (Å²) in [5, 5.41) is 2.48. The molecule has 0 fully saturated rings. The average molecular weight is 896 g/mol. The van der Waals surface area contributed by atoms with Gasteiger partial charge in [0.25, 0.3) is 0 Å². The molecule has 0 bridgehead atoms. The fourth-order valence-electron chi connectivity index (χ4n) is 12.7. The van der Waals surface area contributed by atoms with E-state index in [0.717, 1.165) is 39.7 Å². The Labute approximate surface area is 405 Å². The van der Waals surface area contributed by atoms with E-state index in [-0.39, 0.29) is 0 Å². The monoisotopic (exact) mass is 895 g/mol. The highest BCUT2D eigenvalue weighted by atomic mass is 32.2. The van der Waals surface area contributed by atoms with Crippen molar-refractivity contribution >= 4 is 39.6 Å². The van der Waals surface area contributed by atoms with Crippen molar-refractivity contribution in [3.8, 4) is 44.9 Å². The molecule has 2 aliphatic heterocycles. The molecule has 11 aromatic rings. The molecule has 0 amide bonds. The number of para-hydroxylation sites is 2. The predicted octanol–water partition coefficient (Wildman–Crippen LogP) is 17.3. The van der Waals surface area contributed by atoms with Gasteiger partial charge in [0.1, 0.15) is 11.5 Å². The van der Waals surface area contributed by atoms with E-state index in [2.05, 4.69) is 254 Å². The normalized spacial score (nSPS) is 14.4. The molecule has 2 nitrogen and oxygen atoms in total. The lowest BCUT2D eigenvalue weighted by atomic mass is 9.66. The fraction of sp³-hybridized carbons (Fsp3) is 0.0303. The summed E-state index contributed by atoms with van der Waals surface area (Å²) < 4.78 is 6.76. The molecule has 69 heavy (non-hydrogen) atoms. The second kappa shape index (κ2) is 14.6. The summed E-state index contributed by atoms with van der Waals surface area (Å²) in [7, 11) is 0. The van der Waals surface area contributed by atoms with Crippen molar-refractivity contribution in [1.82, 2.24) is 0 Å². The van der Waals surface area contributed by atoms with Gasteiger partial charge in [-0.2, -0.15) is 0 Å². The van der Waals surface area contributed by atoms with Gasteiger partial charge in [-0.3, -0.25) is 0 Å². The van der Waals surface area contributed by atoms with Gasteiger partial charge in [-0.15, -0.1) is 0 Å². The second-order valence-corrected chi connectivity index (χ2v) is 19.7. The molecule has 3 heteroatoms. The van der Waals surface area contributed by atoms with Crippen LogP contribution in [0.4, 0.5) is 17.1 Å². The summed E-state index contributed by atoms with van der Waals surface area (Å²) in [6.07, 6.45) is 0. The van der Waals surface area contributed by atoms with Crippen molar-refractivity contribution in [2.45, 2.75) is 20.6 Å². The van der Waals surface area contributed by atoms with Gasteiger partial charge in [0.15, 0.2) is 0 Å². The van der Waals surface area contributed by atoms with Gasteiger partial charge in [0, 0.05) is 37.9 Å². The fourth-order valence-corrected chi connectivity index (χ4v) is 13.8. The molecule has 4 aliphatic rings. The van der Waals surface area contributed by atoms with Gasteiger partial charge in [-0.05, 0) is 133 Å². The van der Waals surface area contributed by atoms with Gasteiger partial charge in [-0.25, -0.2) is 0 Å². The second-order valence-electron chi connectivity index (χ2n) is 18.7. The first-order valence-corrected chi connectivity index (χ1v) is 24.6. The first-order valence-electron chi connectivity index (χ1n) is 23.8. The zero-order chi connectivity index (χ0) is 45.3. The van der Waals surface area contributed by atoms with Crippen molar-refractivity contribution in [3.63, 3.8) is 0 Å². The van der Waals surface area contributed by atoms with Crippen molar-refractivity contribution in [2.24, 2.45) is 0 Å². The summed E-state index contributed by atoms with van der Waals surface area (Å²) in [6.45, 7) is 0. The highest BCUT2D eigenvalue weighted by Crippen LogP contribution is 2.66. The van der Waals surface area contributed by atoms with Crippen LogP contribution in [0.2, 0.25) is 0 Å². The van der Waals surface area contributed by atoms with E-state index in [1.807, 2.05) is 11.8 Å². The standard InChI is InChI=1S/C66H41NOS/c1-2-17-44-40-45(33-32-42(44)16-1)43-34-36-46(37-35-43)67(47-38-39-49-48-18-3-5-20-51(48)65(58(49)41-47)53-22-7-11-28-60(53)68-61-29-12-8-23-54(61)65)59-27-15-26-57-64(59)50-19-4-6-21-52(50)66(57)55-24-9-13-30-62(55)69-63-31-14-10-25-56(63)66/h1-41H. The Hall–Kier alpha value is -8.37. The molecule has 0 unspecified atom stereocenters. The van der Waals surface area contributed by atoms with Crippen LogP contribution in [0.25, 0.3) is 44.2 Å². The molecule has 2 heterocycles. The van der Waals surface area contributed by atoms with Crippen LogP contribution in [0.3, 0.4) is 0 Å². The van der Waals surface area contributed by atoms with Crippen molar-refractivity contribution in [2.75, 3.05) is 4.90 Å². The maximum Gasteiger partial charge on any atom is 0.132 e. The van der Waals surface area contributed by atoms with Crippen LogP contribution in [0, 0.1) is 0 Å². The zero-order valence-electron chi connectivity index (χ0n) is 37.4. The summed E-state index contributed by atoms with van der Waals surface area (Å²) in [4.78, 5) is 5.12. The summed E-state index contributed by atoms with van der Waals surface area (Å²) >= 11 is 1.88. The quantitative estimate of drug-likeness (QED) is 0.175. The Kier molecular flexibility index (Phi) is 8.17. The number of benzene rings is 11. The number of anilines is 3. The smallest absolute Gasteiger partial charge is 0.132 e. The number of hydrogen-bond acceptors (Lipinski definition) is 3. The predicted molar refractivity (Wildman–Crippen MR) is 283 cm³/mol. The van der Waals surface area contributed by atoms with Crippen LogP contribution < -0.4 is 9.64 Å². The van der Waals surface area contributed by atoms with Crippen LogP contribution in [0.1, 0.15) is 44.5 Å².